The predicted octanol–water partition coefficient (Wildman–Crippen LogP) is 4.17. The zero-order valence-electron chi connectivity index (χ0n) is 12.0. The lowest BCUT2D eigenvalue weighted by atomic mass is 10.2. The zero-order chi connectivity index (χ0) is 16.6. The van der Waals surface area contributed by atoms with E-state index in [0.717, 1.165) is 21.1 Å². The van der Waals surface area contributed by atoms with Gasteiger partial charge in [0.15, 0.2) is 0 Å². The predicted molar refractivity (Wildman–Crippen MR) is 98.1 cm³/mol. The van der Waals surface area contributed by atoms with Crippen LogP contribution in [0.5, 0.6) is 0 Å². The van der Waals surface area contributed by atoms with E-state index in [1.807, 2.05) is 36.2 Å². The number of nitrogens with one attached hydrogen (secondary N) is 1. The van der Waals surface area contributed by atoms with Crippen LogP contribution in [0.25, 0.3) is 10.9 Å². The molecule has 0 aliphatic rings. The largest absolute Gasteiger partial charge is 0.329 e. The van der Waals surface area contributed by atoms with E-state index in [9.17, 15) is 0 Å². The summed E-state index contributed by atoms with van der Waals surface area (Å²) in [5.74, 6) is 6.05. The van der Waals surface area contributed by atoms with Crippen molar-refractivity contribution < 1.29 is 0 Å². The smallest absolute Gasteiger partial charge is 0.246 e. The van der Waals surface area contributed by atoms with Gasteiger partial charge in [0.2, 0.25) is 5.62 Å². The van der Waals surface area contributed by atoms with E-state index in [-0.39, 0.29) is 0 Å². The van der Waals surface area contributed by atoms with Crippen molar-refractivity contribution in [1.82, 2.24) is 9.97 Å². The summed E-state index contributed by atoms with van der Waals surface area (Å²) >= 11 is 15.7. The molecule has 3 aromatic rings. The molecule has 0 radical (unpaired) electrons. The lowest BCUT2D eigenvalue weighted by Gasteiger charge is -2.20. The van der Waals surface area contributed by atoms with Gasteiger partial charge < -0.3 is 15.7 Å². The molecule has 0 saturated carbocycles. The maximum absolute atomic E-state index is 6.16. The molecule has 3 rings (SSSR count). The minimum atomic E-state index is 0.299. The monoisotopic (exact) mass is 411 g/mol. The first kappa shape index (κ1) is 16.1. The fourth-order valence-electron chi connectivity index (χ4n) is 2.27. The first-order valence-electron chi connectivity index (χ1n) is 6.62. The molecule has 0 aliphatic carbocycles. The number of nitrogens with zero attached hydrogens (tertiary/aromatic N) is 3. The maximum atomic E-state index is 6.16. The van der Waals surface area contributed by atoms with Crippen LogP contribution in [0.1, 0.15) is 0 Å². The van der Waals surface area contributed by atoms with E-state index in [4.69, 9.17) is 29.0 Å². The van der Waals surface area contributed by atoms with Crippen LogP contribution in [0.3, 0.4) is 0 Å². The molecular weight excluding hydrogens is 401 g/mol. The Kier molecular flexibility index (Phi) is 4.48. The van der Waals surface area contributed by atoms with Crippen molar-refractivity contribution in [3.05, 3.63) is 56.5 Å². The Bertz CT molecular complexity index is 954. The van der Waals surface area contributed by atoms with E-state index in [1.165, 1.54) is 0 Å². The summed E-state index contributed by atoms with van der Waals surface area (Å²) in [7, 11) is 1.91. The van der Waals surface area contributed by atoms with Crippen LogP contribution in [0.2, 0.25) is 10.0 Å². The first-order chi connectivity index (χ1) is 11.0. The highest BCUT2D eigenvalue weighted by atomic mass is 79.9. The fraction of sp³-hybridized carbons (Fsp3) is 0.0667. The molecule has 0 amide bonds. The van der Waals surface area contributed by atoms with E-state index in [1.54, 1.807) is 12.1 Å². The highest BCUT2D eigenvalue weighted by molar-refractivity contribution is 9.10. The third-order valence-electron chi connectivity index (χ3n) is 3.40. The molecule has 0 fully saturated rings. The molecule has 2 aromatic carbocycles. The molecule has 0 bridgehead atoms. The van der Waals surface area contributed by atoms with Gasteiger partial charge in [-0.25, -0.2) is 0 Å². The zero-order valence-corrected chi connectivity index (χ0v) is 15.1. The van der Waals surface area contributed by atoms with Gasteiger partial charge in [-0.3, -0.25) is 0 Å². The summed E-state index contributed by atoms with van der Waals surface area (Å²) in [6.45, 7) is 0. The third kappa shape index (κ3) is 3.15. The lowest BCUT2D eigenvalue weighted by Crippen LogP contribution is -2.21. The number of hydrogen-bond acceptors (Lipinski definition) is 4. The van der Waals surface area contributed by atoms with Gasteiger partial charge in [0.25, 0.3) is 0 Å². The topological polar surface area (TPSA) is 70.3 Å². The van der Waals surface area contributed by atoms with Crippen LogP contribution in [-0.2, 0) is 0 Å². The minimum absolute atomic E-state index is 0.299. The molecule has 0 saturated heterocycles. The Balaban J connectivity index is 2.29. The number of anilines is 2. The van der Waals surface area contributed by atoms with Gasteiger partial charge in [-0.1, -0.05) is 45.2 Å². The molecule has 1 heterocycles. The maximum Gasteiger partial charge on any atom is 0.246 e. The molecule has 5 nitrogen and oxygen atoms in total. The second-order valence-electron chi connectivity index (χ2n) is 4.86. The molecule has 0 atom stereocenters. The molecule has 3 N–H and O–H groups in total. The Morgan fingerprint density at radius 2 is 1.96 bits per heavy atom. The number of fused-ring (bicyclic) bond motifs is 1. The molecule has 1 aromatic heterocycles. The Labute approximate surface area is 150 Å². The van der Waals surface area contributed by atoms with Crippen LogP contribution in [0.15, 0.2) is 46.0 Å². The van der Waals surface area contributed by atoms with Crippen molar-refractivity contribution in [2.24, 2.45) is 10.9 Å². The Morgan fingerprint density at radius 3 is 2.65 bits per heavy atom. The van der Waals surface area contributed by atoms with Crippen LogP contribution in [0, 0.1) is 0 Å². The molecule has 0 spiro atoms. The second kappa shape index (κ2) is 6.39. The summed E-state index contributed by atoms with van der Waals surface area (Å²) < 4.78 is 0.971. The highest BCUT2D eigenvalue weighted by Crippen LogP contribution is 2.33. The van der Waals surface area contributed by atoms with Gasteiger partial charge >= 0.3 is 0 Å². The summed E-state index contributed by atoms with van der Waals surface area (Å²) in [6, 6.07) is 11.4. The average molecular weight is 413 g/mol. The standard InChI is InChI=1S/C15H12BrCl2N5/c1-23(9-4-2-3-8(16)5-9)14-10-6-11(17)12(18)7-13(10)20-15(21-14)22-19/h2-7H,19H2,1H3,(H,20,21,22). The lowest BCUT2D eigenvalue weighted by molar-refractivity contribution is 0.956. The number of aromatic nitrogens is 2. The van der Waals surface area contributed by atoms with E-state index < -0.39 is 0 Å². The summed E-state index contributed by atoms with van der Waals surface area (Å²) in [5, 5.41) is 5.36. The van der Waals surface area contributed by atoms with Crippen molar-refractivity contribution in [2.75, 3.05) is 11.9 Å². The molecule has 8 heteroatoms. The Morgan fingerprint density at radius 1 is 1.22 bits per heavy atom. The average Bonchev–Trinajstić information content (AvgIpc) is 2.54. The van der Waals surface area contributed by atoms with Gasteiger partial charge in [0, 0.05) is 22.6 Å². The van der Waals surface area contributed by atoms with Gasteiger partial charge in [0.1, 0.15) is 5.82 Å². The minimum Gasteiger partial charge on any atom is -0.329 e. The quantitative estimate of drug-likeness (QED) is 0.490. The van der Waals surface area contributed by atoms with Crippen LogP contribution < -0.4 is 16.4 Å². The number of rotatable bonds is 2. The van der Waals surface area contributed by atoms with Crippen LogP contribution in [-0.4, -0.2) is 17.0 Å². The first-order valence-corrected chi connectivity index (χ1v) is 8.17. The van der Waals surface area contributed by atoms with Crippen molar-refractivity contribution >= 4 is 61.5 Å². The van der Waals surface area contributed by atoms with Crippen molar-refractivity contribution in [1.29, 1.82) is 0 Å². The molecule has 0 unspecified atom stereocenters. The van der Waals surface area contributed by atoms with Gasteiger partial charge in [-0.15, -0.1) is 5.10 Å². The molecule has 0 aliphatic heterocycles. The van der Waals surface area contributed by atoms with Crippen LogP contribution in [0.4, 0.5) is 11.5 Å². The number of nitrogens with two attached hydrogens (primary N) is 1. The highest BCUT2D eigenvalue weighted by Gasteiger charge is 2.13. The van der Waals surface area contributed by atoms with Crippen LogP contribution >= 0.6 is 39.1 Å². The molecule has 23 heavy (non-hydrogen) atoms. The van der Waals surface area contributed by atoms with E-state index in [2.05, 4.69) is 31.0 Å². The SMILES string of the molecule is CN(c1cccc(Br)c1)c1nc(=NN)[nH]c2cc(Cl)c(Cl)cc12. The number of H-pyrrole nitrogens is 1. The third-order valence-corrected chi connectivity index (χ3v) is 4.61. The second-order valence-corrected chi connectivity index (χ2v) is 6.59. The Hall–Kier alpha value is -1.76. The van der Waals surface area contributed by atoms with Crippen molar-refractivity contribution in [3.63, 3.8) is 0 Å². The summed E-state index contributed by atoms with van der Waals surface area (Å²) in [5.41, 5.74) is 2.00. The summed E-state index contributed by atoms with van der Waals surface area (Å²) in [4.78, 5) is 9.41. The van der Waals surface area contributed by atoms with Gasteiger partial charge in [-0.2, -0.15) is 4.98 Å². The van der Waals surface area contributed by atoms with Gasteiger partial charge in [-0.05, 0) is 30.3 Å². The van der Waals surface area contributed by atoms with E-state index >= 15 is 0 Å². The fourth-order valence-corrected chi connectivity index (χ4v) is 2.98. The van der Waals surface area contributed by atoms with Gasteiger partial charge in [0.05, 0.1) is 15.6 Å². The number of benzene rings is 2. The van der Waals surface area contributed by atoms with Crippen molar-refractivity contribution in [2.45, 2.75) is 0 Å². The number of aromatic amines is 1. The summed E-state index contributed by atoms with van der Waals surface area (Å²) in [6.07, 6.45) is 0. The normalized spacial score (nSPS) is 11.9. The van der Waals surface area contributed by atoms with Crippen molar-refractivity contribution in [3.8, 4) is 0 Å². The molecule has 118 valence electrons. The van der Waals surface area contributed by atoms with E-state index in [0.29, 0.717) is 21.5 Å². The number of halogens is 3. The molecular formula is C15H12BrCl2N5. The number of hydrogen-bond donors (Lipinski definition) is 2.